The summed E-state index contributed by atoms with van der Waals surface area (Å²) in [6.45, 7) is 1.48. The second-order valence-electron chi connectivity index (χ2n) is 3.47. The maximum Gasteiger partial charge on any atom is 0.159 e. The van der Waals surface area contributed by atoms with Gasteiger partial charge < -0.3 is 14.5 Å². The Morgan fingerprint density at radius 1 is 1.53 bits per heavy atom. The first-order valence-corrected chi connectivity index (χ1v) is 6.72. The van der Waals surface area contributed by atoms with Crippen LogP contribution in [0.2, 0.25) is 0 Å². The molecule has 0 amide bonds. The Kier molecular flexibility index (Phi) is 3.62. The number of aromatic amines is 1. The van der Waals surface area contributed by atoms with E-state index in [-0.39, 0.29) is 5.60 Å². The summed E-state index contributed by atoms with van der Waals surface area (Å²) in [5.41, 5.74) is -0.227. The van der Waals surface area contributed by atoms with E-state index in [4.69, 9.17) is 21.7 Å². The highest BCUT2D eigenvalue weighted by atomic mass is 79.9. The summed E-state index contributed by atoms with van der Waals surface area (Å²) in [7, 11) is 1.75. The van der Waals surface area contributed by atoms with Gasteiger partial charge in [-0.15, -0.1) is 11.3 Å². The summed E-state index contributed by atoms with van der Waals surface area (Å²) in [4.78, 5) is 4.24. The van der Waals surface area contributed by atoms with Crippen LogP contribution in [0.3, 0.4) is 0 Å². The molecule has 1 N–H and O–H groups in total. The van der Waals surface area contributed by atoms with Crippen LogP contribution in [0.5, 0.6) is 0 Å². The van der Waals surface area contributed by atoms with Crippen LogP contribution in [0.1, 0.15) is 17.7 Å². The Balaban J connectivity index is 2.40. The predicted molar refractivity (Wildman–Crippen MR) is 65.9 cm³/mol. The molecule has 0 bridgehead atoms. The zero-order chi connectivity index (χ0) is 10.9. The number of halogens is 1. The molecule has 1 fully saturated rings. The van der Waals surface area contributed by atoms with Crippen molar-refractivity contribution >= 4 is 39.5 Å². The van der Waals surface area contributed by atoms with Gasteiger partial charge in [-0.1, -0.05) is 0 Å². The average Bonchev–Trinajstić information content (AvgIpc) is 2.59. The Morgan fingerprint density at radius 3 is 2.67 bits per heavy atom. The van der Waals surface area contributed by atoms with Crippen molar-refractivity contribution in [1.29, 1.82) is 0 Å². The summed E-state index contributed by atoms with van der Waals surface area (Å²) in [6, 6.07) is 0. The quantitative estimate of drug-likeness (QED) is 0.852. The zero-order valence-electron chi connectivity index (χ0n) is 8.34. The van der Waals surface area contributed by atoms with E-state index >= 15 is 0 Å². The number of hydrogen-bond donors (Lipinski definition) is 1. The highest BCUT2D eigenvalue weighted by molar-refractivity contribution is 9.10. The molecule has 1 aromatic rings. The van der Waals surface area contributed by atoms with Gasteiger partial charge in [0, 0.05) is 33.2 Å². The fraction of sp³-hybridized carbons (Fsp3) is 0.667. The van der Waals surface area contributed by atoms with Crippen LogP contribution in [-0.2, 0) is 15.1 Å². The number of nitrogens with one attached hydrogen (secondary N) is 1. The largest absolute Gasteiger partial charge is 0.381 e. The number of methoxy groups -OCH3 is 1. The maximum absolute atomic E-state index is 5.69. The number of rotatable bonds is 2. The maximum atomic E-state index is 5.69. The number of H-pyrrole nitrogens is 1. The van der Waals surface area contributed by atoms with Gasteiger partial charge in [-0.05, 0) is 28.1 Å². The van der Waals surface area contributed by atoms with Gasteiger partial charge in [0.25, 0.3) is 0 Å². The van der Waals surface area contributed by atoms with Crippen molar-refractivity contribution in [3.8, 4) is 0 Å². The summed E-state index contributed by atoms with van der Waals surface area (Å²) >= 11 is 10.2. The van der Waals surface area contributed by atoms with Gasteiger partial charge >= 0.3 is 0 Å². The molecule has 0 aliphatic carbocycles. The summed E-state index contributed by atoms with van der Waals surface area (Å²) in [5.74, 6) is 0. The molecule has 1 aliphatic rings. The molecule has 1 aliphatic heterocycles. The first-order chi connectivity index (χ1) is 7.18. The van der Waals surface area contributed by atoms with Gasteiger partial charge in [0.2, 0.25) is 0 Å². The van der Waals surface area contributed by atoms with Crippen molar-refractivity contribution in [2.75, 3.05) is 20.3 Å². The molecule has 2 rings (SSSR count). The van der Waals surface area contributed by atoms with E-state index in [9.17, 15) is 0 Å². The summed E-state index contributed by atoms with van der Waals surface area (Å²) in [5, 5.41) is 0. The van der Waals surface area contributed by atoms with Crippen molar-refractivity contribution in [2.24, 2.45) is 0 Å². The van der Waals surface area contributed by atoms with Crippen molar-refractivity contribution in [1.82, 2.24) is 4.98 Å². The third-order valence-electron chi connectivity index (χ3n) is 2.71. The molecular weight excluding hydrogens is 298 g/mol. The molecule has 2 heterocycles. The Bertz CT molecular complexity index is 395. The van der Waals surface area contributed by atoms with Crippen LogP contribution in [0.25, 0.3) is 0 Å². The van der Waals surface area contributed by atoms with Gasteiger partial charge in [0.15, 0.2) is 3.95 Å². The minimum absolute atomic E-state index is 0.227. The Labute approximate surface area is 106 Å². The van der Waals surface area contributed by atoms with Gasteiger partial charge in [-0.2, -0.15) is 0 Å². The van der Waals surface area contributed by atoms with Crippen LogP contribution >= 0.6 is 39.5 Å². The predicted octanol–water partition coefficient (Wildman–Crippen LogP) is 3.22. The molecule has 15 heavy (non-hydrogen) atoms. The minimum atomic E-state index is -0.227. The SMILES string of the molecule is COC1(c2sc(=S)[nH]c2Br)CCOCC1. The van der Waals surface area contributed by atoms with Gasteiger partial charge in [-0.25, -0.2) is 0 Å². The van der Waals surface area contributed by atoms with E-state index in [1.54, 1.807) is 18.4 Å². The lowest BCUT2D eigenvalue weighted by Gasteiger charge is -2.35. The van der Waals surface area contributed by atoms with E-state index in [2.05, 4.69) is 20.9 Å². The Hall–Kier alpha value is 0.250. The van der Waals surface area contributed by atoms with Crippen LogP contribution < -0.4 is 0 Å². The molecule has 0 unspecified atom stereocenters. The van der Waals surface area contributed by atoms with Crippen LogP contribution in [0.15, 0.2) is 4.60 Å². The number of hydrogen-bond acceptors (Lipinski definition) is 4. The average molecular weight is 310 g/mol. The highest BCUT2D eigenvalue weighted by Crippen LogP contribution is 2.41. The zero-order valence-corrected chi connectivity index (χ0v) is 11.6. The molecule has 1 aromatic heterocycles. The number of thiazole rings is 1. The molecule has 1 saturated heterocycles. The standard InChI is InChI=1S/C9H12BrNO2S2/c1-12-9(2-4-13-5-3-9)6-7(10)11-8(14)15-6/h2-5H2,1H3,(H,11,14). The van der Waals surface area contributed by atoms with Crippen molar-refractivity contribution in [2.45, 2.75) is 18.4 Å². The van der Waals surface area contributed by atoms with Gasteiger partial charge in [0.05, 0.1) is 9.48 Å². The molecule has 0 saturated carbocycles. The number of aromatic nitrogens is 1. The molecule has 0 radical (unpaired) electrons. The molecule has 3 nitrogen and oxygen atoms in total. The third kappa shape index (κ3) is 2.19. The lowest BCUT2D eigenvalue weighted by molar-refractivity contribution is -0.0930. The topological polar surface area (TPSA) is 34.2 Å². The van der Waals surface area contributed by atoms with Crippen molar-refractivity contribution < 1.29 is 9.47 Å². The van der Waals surface area contributed by atoms with Gasteiger partial charge in [-0.3, -0.25) is 0 Å². The first kappa shape index (κ1) is 11.7. The molecule has 6 heteroatoms. The van der Waals surface area contributed by atoms with E-state index in [0.29, 0.717) is 0 Å². The van der Waals surface area contributed by atoms with E-state index in [1.165, 1.54) is 0 Å². The van der Waals surface area contributed by atoms with Crippen molar-refractivity contribution in [3.63, 3.8) is 0 Å². The second kappa shape index (κ2) is 4.63. The Morgan fingerprint density at radius 2 is 2.20 bits per heavy atom. The van der Waals surface area contributed by atoms with Gasteiger partial charge in [0.1, 0.15) is 5.60 Å². The van der Waals surface area contributed by atoms with E-state index in [1.807, 2.05) is 0 Å². The molecule has 84 valence electrons. The minimum Gasteiger partial charge on any atom is -0.381 e. The molecule has 0 aromatic carbocycles. The van der Waals surface area contributed by atoms with Crippen molar-refractivity contribution in [3.05, 3.63) is 13.4 Å². The lowest BCUT2D eigenvalue weighted by atomic mass is 9.93. The van der Waals surface area contributed by atoms with E-state index in [0.717, 1.165) is 39.5 Å². The monoisotopic (exact) mass is 309 g/mol. The third-order valence-corrected chi connectivity index (χ3v) is 4.99. The van der Waals surface area contributed by atoms with Crippen LogP contribution in [0, 0.1) is 3.95 Å². The van der Waals surface area contributed by atoms with Crippen LogP contribution in [-0.4, -0.2) is 25.3 Å². The highest BCUT2D eigenvalue weighted by Gasteiger charge is 2.37. The fourth-order valence-corrected chi connectivity index (χ4v) is 4.20. The summed E-state index contributed by atoms with van der Waals surface area (Å²) < 4.78 is 12.8. The number of ether oxygens (including phenoxy) is 2. The van der Waals surface area contributed by atoms with E-state index < -0.39 is 0 Å². The summed E-state index contributed by atoms with van der Waals surface area (Å²) in [6.07, 6.45) is 1.76. The lowest BCUT2D eigenvalue weighted by Crippen LogP contribution is -2.35. The smallest absolute Gasteiger partial charge is 0.159 e. The second-order valence-corrected chi connectivity index (χ2v) is 5.95. The fourth-order valence-electron chi connectivity index (χ4n) is 1.83. The normalized spacial score (nSPS) is 20.4. The van der Waals surface area contributed by atoms with Crippen LogP contribution in [0.4, 0.5) is 0 Å². The molecular formula is C9H12BrNO2S2. The molecule has 0 atom stereocenters. The first-order valence-electron chi connectivity index (χ1n) is 4.70. The molecule has 0 spiro atoms.